The van der Waals surface area contributed by atoms with Gasteiger partial charge in [-0.05, 0) is 63.7 Å². The molecule has 7 nitrogen and oxygen atoms in total. The third-order valence-corrected chi connectivity index (χ3v) is 5.46. The molecule has 0 saturated carbocycles. The zero-order valence-corrected chi connectivity index (χ0v) is 14.2. The Morgan fingerprint density at radius 3 is 2.71 bits per heavy atom. The Hall–Kier alpha value is -1.73. The number of nitrogens with one attached hydrogen (secondary N) is 3. The molecule has 2 fully saturated rings. The van der Waals surface area contributed by atoms with Gasteiger partial charge in [-0.2, -0.15) is 0 Å². The monoisotopic (exact) mass is 329 g/mol. The molecule has 0 radical (unpaired) electrons. The van der Waals surface area contributed by atoms with E-state index in [0.717, 1.165) is 35.4 Å². The maximum absolute atomic E-state index is 4.33. The van der Waals surface area contributed by atoms with E-state index < -0.39 is 0 Å². The fourth-order valence-electron chi connectivity index (χ4n) is 3.94. The molecule has 0 bridgehead atoms. The van der Waals surface area contributed by atoms with E-state index >= 15 is 0 Å². The minimum absolute atomic E-state index is 0.721. The molecule has 0 aliphatic carbocycles. The zero-order valence-electron chi connectivity index (χ0n) is 14.2. The van der Waals surface area contributed by atoms with Crippen LogP contribution in [0.4, 0.5) is 5.82 Å². The molecule has 2 saturated heterocycles. The van der Waals surface area contributed by atoms with Crippen LogP contribution in [-0.2, 0) is 0 Å². The summed E-state index contributed by atoms with van der Waals surface area (Å²) in [6, 6.07) is 0. The lowest BCUT2D eigenvalue weighted by atomic mass is 9.93. The number of imidazole rings is 1. The predicted octanol–water partition coefficient (Wildman–Crippen LogP) is 1.48. The van der Waals surface area contributed by atoms with Gasteiger partial charge in [0.15, 0.2) is 11.5 Å². The first-order chi connectivity index (χ1) is 11.9. The number of fused-ring (bicyclic) bond motifs is 1. The molecular formula is C17H27N7. The summed E-state index contributed by atoms with van der Waals surface area (Å²) in [5.74, 6) is 2.46. The van der Waals surface area contributed by atoms with Gasteiger partial charge < -0.3 is 20.5 Å². The fraction of sp³-hybridized carbons (Fsp3) is 0.706. The van der Waals surface area contributed by atoms with Gasteiger partial charge in [-0.15, -0.1) is 0 Å². The number of rotatable bonds is 5. The first kappa shape index (κ1) is 15.8. The second kappa shape index (κ2) is 7.44. The van der Waals surface area contributed by atoms with Gasteiger partial charge in [-0.3, -0.25) is 0 Å². The number of anilines is 1. The zero-order chi connectivity index (χ0) is 16.2. The van der Waals surface area contributed by atoms with Crippen molar-refractivity contribution < 1.29 is 0 Å². The second-order valence-corrected chi connectivity index (χ2v) is 7.14. The lowest BCUT2D eigenvalue weighted by molar-refractivity contribution is 0.152. The summed E-state index contributed by atoms with van der Waals surface area (Å²) >= 11 is 0. The number of aromatic nitrogens is 4. The van der Waals surface area contributed by atoms with E-state index in [1.807, 2.05) is 0 Å². The quantitative estimate of drug-likeness (QED) is 0.771. The third kappa shape index (κ3) is 3.67. The Balaban J connectivity index is 1.24. The molecule has 7 heteroatoms. The SMILES string of the molecule is c1nc(NCC2CCN(CC3CCNCC3)CC2)c2nc[nH]c2n1. The Bertz CT molecular complexity index is 641. The van der Waals surface area contributed by atoms with Crippen molar-refractivity contribution in [3.05, 3.63) is 12.7 Å². The maximum Gasteiger partial charge on any atom is 0.162 e. The summed E-state index contributed by atoms with van der Waals surface area (Å²) in [7, 11) is 0. The Kier molecular flexibility index (Phi) is 4.89. The molecule has 2 aliphatic heterocycles. The first-order valence-corrected chi connectivity index (χ1v) is 9.19. The van der Waals surface area contributed by atoms with E-state index in [-0.39, 0.29) is 0 Å². The van der Waals surface area contributed by atoms with Crippen molar-refractivity contribution in [3.8, 4) is 0 Å². The average molecular weight is 329 g/mol. The maximum atomic E-state index is 4.33. The van der Waals surface area contributed by atoms with Gasteiger partial charge in [-0.25, -0.2) is 15.0 Å². The van der Waals surface area contributed by atoms with Crippen LogP contribution in [0.1, 0.15) is 25.7 Å². The molecule has 0 unspecified atom stereocenters. The van der Waals surface area contributed by atoms with E-state index in [4.69, 9.17) is 0 Å². The smallest absolute Gasteiger partial charge is 0.162 e. The number of piperidine rings is 2. The van der Waals surface area contributed by atoms with Crippen molar-refractivity contribution in [1.29, 1.82) is 0 Å². The van der Waals surface area contributed by atoms with E-state index in [1.165, 1.54) is 58.4 Å². The van der Waals surface area contributed by atoms with Gasteiger partial charge in [0.1, 0.15) is 11.8 Å². The molecule has 0 amide bonds. The number of likely N-dealkylation sites (tertiary alicyclic amines) is 1. The highest BCUT2D eigenvalue weighted by atomic mass is 15.1. The molecule has 0 spiro atoms. The highest BCUT2D eigenvalue weighted by Crippen LogP contribution is 2.22. The lowest BCUT2D eigenvalue weighted by Crippen LogP contribution is -2.41. The molecule has 130 valence electrons. The lowest BCUT2D eigenvalue weighted by Gasteiger charge is -2.35. The van der Waals surface area contributed by atoms with Crippen molar-refractivity contribution in [2.75, 3.05) is 44.6 Å². The highest BCUT2D eigenvalue weighted by molar-refractivity contribution is 5.81. The highest BCUT2D eigenvalue weighted by Gasteiger charge is 2.22. The van der Waals surface area contributed by atoms with E-state index in [1.54, 1.807) is 12.7 Å². The van der Waals surface area contributed by atoms with Crippen LogP contribution in [0.15, 0.2) is 12.7 Å². The molecule has 2 aliphatic rings. The van der Waals surface area contributed by atoms with E-state index in [2.05, 4.69) is 35.5 Å². The van der Waals surface area contributed by atoms with E-state index in [9.17, 15) is 0 Å². The molecule has 4 rings (SSSR count). The van der Waals surface area contributed by atoms with Crippen molar-refractivity contribution in [2.24, 2.45) is 11.8 Å². The van der Waals surface area contributed by atoms with Crippen molar-refractivity contribution in [1.82, 2.24) is 30.2 Å². The summed E-state index contributed by atoms with van der Waals surface area (Å²) in [5.41, 5.74) is 1.63. The molecule has 0 atom stereocenters. The van der Waals surface area contributed by atoms with Crippen LogP contribution in [-0.4, -0.2) is 64.1 Å². The summed E-state index contributed by atoms with van der Waals surface area (Å²) in [6.45, 7) is 7.13. The first-order valence-electron chi connectivity index (χ1n) is 9.19. The summed E-state index contributed by atoms with van der Waals surface area (Å²) < 4.78 is 0. The van der Waals surface area contributed by atoms with Crippen LogP contribution < -0.4 is 10.6 Å². The van der Waals surface area contributed by atoms with Crippen molar-refractivity contribution >= 4 is 17.0 Å². The Morgan fingerprint density at radius 1 is 1.04 bits per heavy atom. The third-order valence-electron chi connectivity index (χ3n) is 5.46. The molecule has 0 aromatic carbocycles. The van der Waals surface area contributed by atoms with Crippen LogP contribution >= 0.6 is 0 Å². The number of aromatic amines is 1. The number of nitrogens with zero attached hydrogens (tertiary/aromatic N) is 4. The van der Waals surface area contributed by atoms with Gasteiger partial charge in [0.25, 0.3) is 0 Å². The molecule has 3 N–H and O–H groups in total. The molecular weight excluding hydrogens is 302 g/mol. The number of hydrogen-bond donors (Lipinski definition) is 3. The molecule has 2 aromatic heterocycles. The number of H-pyrrole nitrogens is 1. The fourth-order valence-corrected chi connectivity index (χ4v) is 3.94. The van der Waals surface area contributed by atoms with Gasteiger partial charge in [0, 0.05) is 13.1 Å². The van der Waals surface area contributed by atoms with Crippen LogP contribution in [0.3, 0.4) is 0 Å². The summed E-state index contributed by atoms with van der Waals surface area (Å²) in [5, 5.41) is 6.94. The van der Waals surface area contributed by atoms with Crippen LogP contribution in [0.2, 0.25) is 0 Å². The van der Waals surface area contributed by atoms with Gasteiger partial charge >= 0.3 is 0 Å². The molecule has 24 heavy (non-hydrogen) atoms. The van der Waals surface area contributed by atoms with Crippen LogP contribution in [0, 0.1) is 11.8 Å². The van der Waals surface area contributed by atoms with E-state index in [0.29, 0.717) is 0 Å². The topological polar surface area (TPSA) is 81.8 Å². The van der Waals surface area contributed by atoms with Crippen molar-refractivity contribution in [2.45, 2.75) is 25.7 Å². The molecule has 2 aromatic rings. The normalized spacial score (nSPS) is 21.3. The Labute approximate surface area is 142 Å². The largest absolute Gasteiger partial charge is 0.368 e. The van der Waals surface area contributed by atoms with Gasteiger partial charge in [-0.1, -0.05) is 0 Å². The summed E-state index contributed by atoms with van der Waals surface area (Å²) in [6.07, 6.45) is 8.48. The Morgan fingerprint density at radius 2 is 1.88 bits per heavy atom. The van der Waals surface area contributed by atoms with Crippen LogP contribution in [0.5, 0.6) is 0 Å². The second-order valence-electron chi connectivity index (χ2n) is 7.14. The predicted molar refractivity (Wildman–Crippen MR) is 94.9 cm³/mol. The van der Waals surface area contributed by atoms with Gasteiger partial charge in [0.2, 0.25) is 0 Å². The minimum Gasteiger partial charge on any atom is -0.368 e. The summed E-state index contributed by atoms with van der Waals surface area (Å²) in [4.78, 5) is 18.5. The minimum atomic E-state index is 0.721. The average Bonchev–Trinajstić information content (AvgIpc) is 3.11. The van der Waals surface area contributed by atoms with Crippen LogP contribution in [0.25, 0.3) is 11.2 Å². The van der Waals surface area contributed by atoms with Gasteiger partial charge in [0.05, 0.1) is 6.33 Å². The molecule has 4 heterocycles. The standard InChI is InChI=1S/C17H27N7/c1-5-18-6-2-14(1)10-24-7-3-13(4-8-24)9-19-16-15-17(21-11-20-15)23-12-22-16/h11-14,18H,1-10H2,(H2,19,20,21,22,23). The number of hydrogen-bond acceptors (Lipinski definition) is 6. The van der Waals surface area contributed by atoms with Crippen molar-refractivity contribution in [3.63, 3.8) is 0 Å².